The molecule has 0 unspecified atom stereocenters. The van der Waals surface area contributed by atoms with Gasteiger partial charge in [0.2, 0.25) is 0 Å². The molecule has 2 rings (SSSR count). The van der Waals surface area contributed by atoms with Crippen LogP contribution in [0.25, 0.3) is 0 Å². The second-order valence-corrected chi connectivity index (χ2v) is 6.63. The minimum atomic E-state index is 0.769. The third kappa shape index (κ3) is 7.81. The summed E-state index contributed by atoms with van der Waals surface area (Å²) in [4.78, 5) is 0. The van der Waals surface area contributed by atoms with Gasteiger partial charge < -0.3 is 14.8 Å². The summed E-state index contributed by atoms with van der Waals surface area (Å²) in [6.45, 7) is 6.73. The Labute approximate surface area is 158 Å². The minimum absolute atomic E-state index is 0.769. The lowest BCUT2D eigenvalue weighted by Gasteiger charge is -2.10. The van der Waals surface area contributed by atoms with Gasteiger partial charge in [-0.2, -0.15) is 0 Å². The summed E-state index contributed by atoms with van der Waals surface area (Å²) < 4.78 is 11.4. The number of hydrogen-bond donors (Lipinski definition) is 1. The van der Waals surface area contributed by atoms with Gasteiger partial charge in [0.15, 0.2) is 0 Å². The average Bonchev–Trinajstić information content (AvgIpc) is 2.69. The van der Waals surface area contributed by atoms with Crippen molar-refractivity contribution in [2.75, 3.05) is 18.5 Å². The first kappa shape index (κ1) is 20.2. The van der Waals surface area contributed by atoms with Crippen LogP contribution in [0.5, 0.6) is 11.5 Å². The molecule has 0 heterocycles. The second-order valence-electron chi connectivity index (χ2n) is 6.63. The largest absolute Gasteiger partial charge is 0.494 e. The number of nitrogens with one attached hydrogen (secondary N) is 1. The Kier molecular flexibility index (Phi) is 9.48. The molecule has 0 aliphatic heterocycles. The van der Waals surface area contributed by atoms with Crippen molar-refractivity contribution < 1.29 is 9.47 Å². The highest BCUT2D eigenvalue weighted by Crippen LogP contribution is 2.18. The fourth-order valence-electron chi connectivity index (χ4n) is 2.69. The van der Waals surface area contributed by atoms with E-state index >= 15 is 0 Å². The van der Waals surface area contributed by atoms with E-state index in [-0.39, 0.29) is 0 Å². The quantitative estimate of drug-likeness (QED) is 0.420. The lowest BCUT2D eigenvalue weighted by atomic mass is 10.2. The highest BCUT2D eigenvalue weighted by Gasteiger charge is 1.98. The maximum Gasteiger partial charge on any atom is 0.119 e. The van der Waals surface area contributed by atoms with E-state index in [1.807, 2.05) is 24.3 Å². The van der Waals surface area contributed by atoms with Gasteiger partial charge >= 0.3 is 0 Å². The second kappa shape index (κ2) is 12.2. The summed E-state index contributed by atoms with van der Waals surface area (Å²) in [7, 11) is 0. The van der Waals surface area contributed by atoms with Crippen LogP contribution in [0, 0.1) is 0 Å². The highest BCUT2D eigenvalue weighted by atomic mass is 16.5. The summed E-state index contributed by atoms with van der Waals surface area (Å²) in [6, 6.07) is 16.5. The molecule has 26 heavy (non-hydrogen) atoms. The zero-order valence-electron chi connectivity index (χ0n) is 16.3. The van der Waals surface area contributed by atoms with Gasteiger partial charge in [-0.1, -0.05) is 51.7 Å². The number of unbranched alkanes of at least 4 members (excludes halogenated alkanes) is 4. The Bertz CT molecular complexity index is 593. The van der Waals surface area contributed by atoms with Gasteiger partial charge in [0.25, 0.3) is 0 Å². The van der Waals surface area contributed by atoms with Crippen LogP contribution >= 0.6 is 0 Å². The van der Waals surface area contributed by atoms with Crippen molar-refractivity contribution in [1.29, 1.82) is 0 Å². The molecular formula is C23H33NO2. The van der Waals surface area contributed by atoms with Crippen LogP contribution in [0.1, 0.15) is 57.9 Å². The number of anilines is 1. The molecule has 0 spiro atoms. The van der Waals surface area contributed by atoms with E-state index in [2.05, 4.69) is 43.4 Å². The van der Waals surface area contributed by atoms with Crippen LogP contribution in [-0.4, -0.2) is 13.2 Å². The van der Waals surface area contributed by atoms with Crippen LogP contribution in [0.15, 0.2) is 48.5 Å². The van der Waals surface area contributed by atoms with Crippen molar-refractivity contribution in [3.8, 4) is 11.5 Å². The Balaban J connectivity index is 1.68. The summed E-state index contributed by atoms with van der Waals surface area (Å²) in [5, 5.41) is 3.44. The molecule has 0 saturated heterocycles. The zero-order valence-corrected chi connectivity index (χ0v) is 16.3. The predicted octanol–water partition coefficient (Wildman–Crippen LogP) is 6.44. The Morgan fingerprint density at radius 2 is 1.27 bits per heavy atom. The number of benzene rings is 2. The molecule has 0 aromatic heterocycles. The maximum atomic E-state index is 5.81. The van der Waals surface area contributed by atoms with Gasteiger partial charge in [0, 0.05) is 12.2 Å². The first-order valence-electron chi connectivity index (χ1n) is 10.00. The fraction of sp³-hybridized carbons (Fsp3) is 0.478. The number of hydrogen-bond acceptors (Lipinski definition) is 3. The summed E-state index contributed by atoms with van der Waals surface area (Å²) >= 11 is 0. The molecule has 0 radical (unpaired) electrons. The number of ether oxygens (including phenoxy) is 2. The van der Waals surface area contributed by atoms with Gasteiger partial charge in [-0.25, -0.2) is 0 Å². The molecule has 2 aromatic rings. The van der Waals surface area contributed by atoms with Crippen LogP contribution < -0.4 is 14.8 Å². The molecule has 0 fully saturated rings. The zero-order chi connectivity index (χ0) is 18.5. The monoisotopic (exact) mass is 355 g/mol. The normalized spacial score (nSPS) is 10.5. The highest BCUT2D eigenvalue weighted by molar-refractivity contribution is 5.47. The maximum absolute atomic E-state index is 5.81. The average molecular weight is 356 g/mol. The molecule has 0 aliphatic carbocycles. The minimum Gasteiger partial charge on any atom is -0.494 e. The molecule has 0 saturated carbocycles. The summed E-state index contributed by atoms with van der Waals surface area (Å²) in [5.41, 5.74) is 2.34. The molecule has 2 aromatic carbocycles. The topological polar surface area (TPSA) is 30.5 Å². The first-order chi connectivity index (χ1) is 12.8. The summed E-state index contributed by atoms with van der Waals surface area (Å²) in [5.74, 6) is 1.88. The van der Waals surface area contributed by atoms with Crippen molar-refractivity contribution >= 4 is 5.69 Å². The number of rotatable bonds is 13. The fourth-order valence-corrected chi connectivity index (χ4v) is 2.69. The van der Waals surface area contributed by atoms with Crippen LogP contribution in [0.3, 0.4) is 0 Å². The van der Waals surface area contributed by atoms with Crippen molar-refractivity contribution in [1.82, 2.24) is 0 Å². The third-order valence-electron chi connectivity index (χ3n) is 4.26. The van der Waals surface area contributed by atoms with Crippen molar-refractivity contribution in [3.63, 3.8) is 0 Å². The van der Waals surface area contributed by atoms with E-state index in [1.165, 1.54) is 31.2 Å². The molecule has 3 heteroatoms. The van der Waals surface area contributed by atoms with Crippen molar-refractivity contribution in [2.24, 2.45) is 0 Å². The van der Waals surface area contributed by atoms with Crippen molar-refractivity contribution in [2.45, 2.75) is 58.9 Å². The van der Waals surface area contributed by atoms with Gasteiger partial charge in [0.05, 0.1) is 13.2 Å². The third-order valence-corrected chi connectivity index (χ3v) is 4.26. The molecular weight excluding hydrogens is 322 g/mol. The van der Waals surface area contributed by atoms with E-state index in [0.29, 0.717) is 0 Å². The molecule has 142 valence electrons. The first-order valence-corrected chi connectivity index (χ1v) is 10.00. The van der Waals surface area contributed by atoms with E-state index in [1.54, 1.807) is 0 Å². The molecule has 0 atom stereocenters. The SMILES string of the molecule is CCCCCCCOc1ccc(NCc2ccc(OCCC)cc2)cc1. The summed E-state index contributed by atoms with van der Waals surface area (Å²) in [6.07, 6.45) is 7.35. The predicted molar refractivity (Wildman–Crippen MR) is 110 cm³/mol. The molecule has 0 amide bonds. The van der Waals surface area contributed by atoms with Gasteiger partial charge in [-0.05, 0) is 54.8 Å². The van der Waals surface area contributed by atoms with E-state index in [9.17, 15) is 0 Å². The standard InChI is InChI=1S/C23H33NO2/c1-3-5-6-7-8-18-26-23-15-11-21(12-16-23)24-19-20-9-13-22(14-10-20)25-17-4-2/h9-16,24H,3-8,17-19H2,1-2H3. The Morgan fingerprint density at radius 3 is 1.92 bits per heavy atom. The van der Waals surface area contributed by atoms with Gasteiger partial charge in [-0.15, -0.1) is 0 Å². The smallest absolute Gasteiger partial charge is 0.119 e. The van der Waals surface area contributed by atoms with Crippen LogP contribution in [0.2, 0.25) is 0 Å². The van der Waals surface area contributed by atoms with Crippen LogP contribution in [0.4, 0.5) is 5.69 Å². The van der Waals surface area contributed by atoms with E-state index in [4.69, 9.17) is 9.47 Å². The molecule has 1 N–H and O–H groups in total. The molecule has 3 nitrogen and oxygen atoms in total. The van der Waals surface area contributed by atoms with E-state index in [0.717, 1.165) is 49.8 Å². The van der Waals surface area contributed by atoms with Crippen LogP contribution in [-0.2, 0) is 6.54 Å². The van der Waals surface area contributed by atoms with Gasteiger partial charge in [0.1, 0.15) is 11.5 Å². The van der Waals surface area contributed by atoms with Crippen molar-refractivity contribution in [3.05, 3.63) is 54.1 Å². The Morgan fingerprint density at radius 1 is 0.654 bits per heavy atom. The Hall–Kier alpha value is -2.16. The lowest BCUT2D eigenvalue weighted by Crippen LogP contribution is -2.01. The van der Waals surface area contributed by atoms with E-state index < -0.39 is 0 Å². The lowest BCUT2D eigenvalue weighted by molar-refractivity contribution is 0.304. The molecule has 0 aliphatic rings. The van der Waals surface area contributed by atoms with Gasteiger partial charge in [-0.3, -0.25) is 0 Å². The molecule has 0 bridgehead atoms.